The largest absolute Gasteiger partial charge is 0.493 e. The molecule has 0 aliphatic carbocycles. The summed E-state index contributed by atoms with van der Waals surface area (Å²) in [7, 11) is 2.89. The van der Waals surface area contributed by atoms with Crippen LogP contribution in [0.3, 0.4) is 0 Å². The quantitative estimate of drug-likeness (QED) is 0.387. The number of halogens is 1. The first-order valence-corrected chi connectivity index (χ1v) is 12.3. The van der Waals surface area contributed by atoms with Crippen molar-refractivity contribution in [1.82, 2.24) is 10.5 Å². The molecule has 2 aromatic carbocycles. The third kappa shape index (κ3) is 7.56. The molecule has 0 aliphatic rings. The van der Waals surface area contributed by atoms with E-state index in [-0.39, 0.29) is 30.1 Å². The highest BCUT2D eigenvalue weighted by atomic mass is 19.1. The first-order chi connectivity index (χ1) is 18.4. The van der Waals surface area contributed by atoms with Gasteiger partial charge in [-0.3, -0.25) is 19.3 Å². The molecule has 1 heterocycles. The van der Waals surface area contributed by atoms with E-state index in [1.54, 1.807) is 31.2 Å². The molecule has 0 fully saturated rings. The average molecular weight is 541 g/mol. The highest BCUT2D eigenvalue weighted by Gasteiger charge is 2.37. The summed E-state index contributed by atoms with van der Waals surface area (Å²) in [6.07, 6.45) is -0.461. The summed E-state index contributed by atoms with van der Waals surface area (Å²) < 4.78 is 29.8. The lowest BCUT2D eigenvalue weighted by molar-refractivity contribution is -0.128. The van der Waals surface area contributed by atoms with Crippen LogP contribution in [-0.2, 0) is 14.4 Å². The van der Waals surface area contributed by atoms with E-state index >= 15 is 0 Å². The Bertz CT molecular complexity index is 1320. The molecule has 0 spiro atoms. The lowest BCUT2D eigenvalue weighted by Gasteiger charge is -2.34. The molecule has 0 saturated carbocycles. The number of aryl methyl sites for hydroxylation is 1. The van der Waals surface area contributed by atoms with Crippen molar-refractivity contribution in [3.63, 3.8) is 0 Å². The molecule has 3 aromatic rings. The molecular formula is C28H33FN4O6. The Balaban J connectivity index is 2.05. The smallest absolute Gasteiger partial charge is 0.248 e. The molecule has 1 atom stereocenters. The molecule has 0 unspecified atom stereocenters. The monoisotopic (exact) mass is 540 g/mol. The van der Waals surface area contributed by atoms with E-state index in [9.17, 15) is 18.8 Å². The third-order valence-corrected chi connectivity index (χ3v) is 5.57. The number of carbonyl (C=O) groups excluding carboxylic acids is 3. The maximum atomic E-state index is 13.9. The molecule has 3 rings (SSSR count). The van der Waals surface area contributed by atoms with Crippen LogP contribution in [0.15, 0.2) is 53.1 Å². The van der Waals surface area contributed by atoms with E-state index in [1.807, 2.05) is 20.8 Å². The number of amides is 3. The standard InChI is InChI=1S/C28H33FN4O6/c1-17-16-22(32-39-17)30-23(34)14-15-24(35)33(19-12-10-18(29)11-13-19)25(27(36)31-28(2,3)4)20-8-7-9-21(37-5)26(20)38-6/h7-13,16,25H,14-15H2,1-6H3,(H,31,36)(H,30,32,34)/t25-/m0/s1. The number of anilines is 2. The molecule has 0 radical (unpaired) electrons. The molecule has 3 amide bonds. The second kappa shape index (κ2) is 12.4. The minimum absolute atomic E-state index is 0.203. The van der Waals surface area contributed by atoms with E-state index in [2.05, 4.69) is 15.8 Å². The van der Waals surface area contributed by atoms with Gasteiger partial charge in [0, 0.05) is 35.7 Å². The van der Waals surface area contributed by atoms with Crippen molar-refractivity contribution in [2.45, 2.75) is 52.1 Å². The molecule has 11 heteroatoms. The average Bonchev–Trinajstić information content (AvgIpc) is 3.29. The Morgan fingerprint density at radius 1 is 1.05 bits per heavy atom. The van der Waals surface area contributed by atoms with Gasteiger partial charge in [0.2, 0.25) is 17.7 Å². The Hall–Kier alpha value is -4.41. The maximum Gasteiger partial charge on any atom is 0.248 e. The minimum atomic E-state index is -1.24. The van der Waals surface area contributed by atoms with Crippen LogP contribution >= 0.6 is 0 Å². The number of carbonyl (C=O) groups is 3. The molecule has 1 aromatic heterocycles. The van der Waals surface area contributed by atoms with E-state index in [0.29, 0.717) is 17.1 Å². The van der Waals surface area contributed by atoms with Gasteiger partial charge in [0.15, 0.2) is 17.3 Å². The van der Waals surface area contributed by atoms with Crippen LogP contribution in [0.1, 0.15) is 51.0 Å². The van der Waals surface area contributed by atoms with Crippen LogP contribution < -0.4 is 25.0 Å². The zero-order valence-electron chi connectivity index (χ0n) is 22.8. The van der Waals surface area contributed by atoms with Crippen molar-refractivity contribution in [2.75, 3.05) is 24.4 Å². The van der Waals surface area contributed by atoms with E-state index in [1.165, 1.54) is 43.4 Å². The second-order valence-corrected chi connectivity index (χ2v) is 9.84. The number of hydrogen-bond donors (Lipinski definition) is 2. The lowest BCUT2D eigenvalue weighted by atomic mass is 9.98. The van der Waals surface area contributed by atoms with Crippen molar-refractivity contribution in [2.24, 2.45) is 0 Å². The van der Waals surface area contributed by atoms with Crippen LogP contribution in [0.2, 0.25) is 0 Å². The molecule has 2 N–H and O–H groups in total. The summed E-state index contributed by atoms with van der Waals surface area (Å²) in [6, 6.07) is 10.5. The number of hydrogen-bond acceptors (Lipinski definition) is 7. The highest BCUT2D eigenvalue weighted by Crippen LogP contribution is 2.39. The van der Waals surface area contributed by atoms with E-state index < -0.39 is 35.1 Å². The van der Waals surface area contributed by atoms with Crippen LogP contribution in [0.4, 0.5) is 15.9 Å². The first kappa shape index (κ1) is 29.2. The number of para-hydroxylation sites is 1. The fourth-order valence-electron chi connectivity index (χ4n) is 3.97. The van der Waals surface area contributed by atoms with Gasteiger partial charge < -0.3 is 24.6 Å². The molecule has 39 heavy (non-hydrogen) atoms. The predicted octanol–water partition coefficient (Wildman–Crippen LogP) is 4.55. The van der Waals surface area contributed by atoms with Gasteiger partial charge in [0.25, 0.3) is 0 Å². The second-order valence-electron chi connectivity index (χ2n) is 9.84. The Morgan fingerprint density at radius 2 is 1.74 bits per heavy atom. The first-order valence-electron chi connectivity index (χ1n) is 12.3. The molecule has 0 saturated heterocycles. The van der Waals surface area contributed by atoms with E-state index in [4.69, 9.17) is 14.0 Å². The van der Waals surface area contributed by atoms with Gasteiger partial charge in [-0.1, -0.05) is 17.3 Å². The molecule has 208 valence electrons. The van der Waals surface area contributed by atoms with Crippen LogP contribution in [0.5, 0.6) is 11.5 Å². The zero-order valence-corrected chi connectivity index (χ0v) is 22.8. The molecule has 10 nitrogen and oxygen atoms in total. The Labute approximate surface area is 226 Å². The summed E-state index contributed by atoms with van der Waals surface area (Å²) in [5.41, 5.74) is -0.0409. The van der Waals surface area contributed by atoms with Gasteiger partial charge in [-0.25, -0.2) is 4.39 Å². The lowest BCUT2D eigenvalue weighted by Crippen LogP contribution is -2.49. The number of nitrogens with one attached hydrogen (secondary N) is 2. The number of rotatable bonds is 10. The van der Waals surface area contributed by atoms with Crippen LogP contribution in [-0.4, -0.2) is 42.6 Å². The Morgan fingerprint density at radius 3 is 2.31 bits per heavy atom. The van der Waals surface area contributed by atoms with E-state index in [0.717, 1.165) is 0 Å². The predicted molar refractivity (Wildman–Crippen MR) is 143 cm³/mol. The Kier molecular flexibility index (Phi) is 9.29. The number of ether oxygens (including phenoxy) is 2. The summed E-state index contributed by atoms with van der Waals surface area (Å²) in [5.74, 6) is -0.673. The normalized spacial score (nSPS) is 11.9. The summed E-state index contributed by atoms with van der Waals surface area (Å²) in [5, 5.41) is 9.21. The van der Waals surface area contributed by atoms with Gasteiger partial charge in [0.1, 0.15) is 17.6 Å². The van der Waals surface area contributed by atoms with Crippen molar-refractivity contribution in [1.29, 1.82) is 0 Å². The summed E-state index contributed by atoms with van der Waals surface area (Å²) in [4.78, 5) is 41.4. The van der Waals surface area contributed by atoms with Gasteiger partial charge in [0.05, 0.1) is 14.2 Å². The van der Waals surface area contributed by atoms with Gasteiger partial charge in [-0.05, 0) is 58.0 Å². The van der Waals surface area contributed by atoms with Crippen LogP contribution in [0, 0.1) is 12.7 Å². The van der Waals surface area contributed by atoms with Gasteiger partial charge >= 0.3 is 0 Å². The summed E-state index contributed by atoms with van der Waals surface area (Å²) in [6.45, 7) is 7.11. The number of aromatic nitrogens is 1. The molecular weight excluding hydrogens is 507 g/mol. The van der Waals surface area contributed by atoms with Crippen molar-refractivity contribution in [3.05, 3.63) is 65.7 Å². The maximum absolute atomic E-state index is 13.9. The van der Waals surface area contributed by atoms with Crippen molar-refractivity contribution >= 4 is 29.2 Å². The highest BCUT2D eigenvalue weighted by molar-refractivity contribution is 6.03. The summed E-state index contributed by atoms with van der Waals surface area (Å²) >= 11 is 0. The molecule has 0 bridgehead atoms. The fraction of sp³-hybridized carbons (Fsp3) is 0.357. The SMILES string of the molecule is COc1cccc([C@@H](C(=O)NC(C)(C)C)N(C(=O)CCC(=O)Nc2cc(C)on2)c2ccc(F)cc2)c1OC. The number of methoxy groups -OCH3 is 2. The number of benzene rings is 2. The fourth-order valence-corrected chi connectivity index (χ4v) is 3.97. The minimum Gasteiger partial charge on any atom is -0.493 e. The van der Waals surface area contributed by atoms with Crippen molar-refractivity contribution in [3.8, 4) is 11.5 Å². The van der Waals surface area contributed by atoms with Gasteiger partial charge in [-0.15, -0.1) is 0 Å². The third-order valence-electron chi connectivity index (χ3n) is 5.57. The van der Waals surface area contributed by atoms with Crippen LogP contribution in [0.25, 0.3) is 0 Å². The number of nitrogens with zero attached hydrogens (tertiary/aromatic N) is 2. The van der Waals surface area contributed by atoms with Crippen molar-refractivity contribution < 1.29 is 32.8 Å². The zero-order chi connectivity index (χ0) is 28.7. The molecule has 0 aliphatic heterocycles. The topological polar surface area (TPSA) is 123 Å². The van der Waals surface area contributed by atoms with Gasteiger partial charge in [-0.2, -0.15) is 0 Å².